The van der Waals surface area contributed by atoms with Crippen LogP contribution in [-0.2, 0) is 9.53 Å². The van der Waals surface area contributed by atoms with E-state index in [-0.39, 0.29) is 29.8 Å². The monoisotopic (exact) mass is 320 g/mol. The van der Waals surface area contributed by atoms with Crippen LogP contribution in [0.2, 0.25) is 0 Å². The zero-order valence-electron chi connectivity index (χ0n) is 14.3. The minimum Gasteiger partial charge on any atom is -0.384 e. The summed E-state index contributed by atoms with van der Waals surface area (Å²) in [5.41, 5.74) is -0.0199. The molecule has 21 heavy (non-hydrogen) atoms. The molecule has 0 aliphatic carbocycles. The van der Waals surface area contributed by atoms with E-state index in [2.05, 4.69) is 38.3 Å². The maximum atomic E-state index is 12.6. The van der Waals surface area contributed by atoms with Crippen LogP contribution in [0.15, 0.2) is 0 Å². The zero-order chi connectivity index (χ0) is 15.2. The van der Waals surface area contributed by atoms with E-state index in [4.69, 9.17) is 4.74 Å². The second-order valence-corrected chi connectivity index (χ2v) is 7.44. The molecule has 1 saturated heterocycles. The van der Waals surface area contributed by atoms with Crippen LogP contribution < -0.4 is 10.6 Å². The Morgan fingerprint density at radius 3 is 2.38 bits per heavy atom. The number of ether oxygens (including phenoxy) is 1. The fraction of sp³-hybridized carbons (Fsp3) is 0.938. The molecule has 5 heteroatoms. The SMILES string of the molecule is COCC1(C(=O)NC(C)CCC(C)(C)C)CCNCC1.Cl. The summed E-state index contributed by atoms with van der Waals surface area (Å²) in [4.78, 5) is 12.6. The maximum Gasteiger partial charge on any atom is 0.228 e. The highest BCUT2D eigenvalue weighted by Crippen LogP contribution is 2.30. The Morgan fingerprint density at radius 2 is 1.90 bits per heavy atom. The molecule has 0 aromatic carbocycles. The van der Waals surface area contributed by atoms with Gasteiger partial charge in [-0.15, -0.1) is 12.4 Å². The van der Waals surface area contributed by atoms with Crippen molar-refractivity contribution in [1.82, 2.24) is 10.6 Å². The van der Waals surface area contributed by atoms with E-state index >= 15 is 0 Å². The van der Waals surface area contributed by atoms with Gasteiger partial charge in [0.05, 0.1) is 12.0 Å². The van der Waals surface area contributed by atoms with Crippen molar-refractivity contribution in [3.8, 4) is 0 Å². The third-order valence-corrected chi connectivity index (χ3v) is 4.17. The predicted octanol–water partition coefficient (Wildman–Crippen LogP) is 2.76. The maximum absolute atomic E-state index is 12.6. The molecule has 1 unspecified atom stereocenters. The van der Waals surface area contributed by atoms with Gasteiger partial charge < -0.3 is 15.4 Å². The molecule has 1 fully saturated rings. The molecular weight excluding hydrogens is 288 g/mol. The normalized spacial score (nSPS) is 19.5. The highest BCUT2D eigenvalue weighted by molar-refractivity contribution is 5.85. The number of nitrogens with one attached hydrogen (secondary N) is 2. The van der Waals surface area contributed by atoms with Crippen molar-refractivity contribution in [3.63, 3.8) is 0 Å². The molecule has 1 amide bonds. The molecule has 0 bridgehead atoms. The van der Waals surface area contributed by atoms with Crippen LogP contribution in [0.25, 0.3) is 0 Å². The first-order chi connectivity index (χ1) is 9.29. The van der Waals surface area contributed by atoms with Crippen LogP contribution in [0.3, 0.4) is 0 Å². The number of amides is 1. The molecule has 0 spiro atoms. The zero-order valence-corrected chi connectivity index (χ0v) is 15.1. The second-order valence-electron chi connectivity index (χ2n) is 7.44. The highest BCUT2D eigenvalue weighted by Gasteiger charge is 2.40. The van der Waals surface area contributed by atoms with Crippen LogP contribution >= 0.6 is 12.4 Å². The molecule has 1 heterocycles. The Balaban J connectivity index is 0.00000400. The summed E-state index contributed by atoms with van der Waals surface area (Å²) in [5.74, 6) is 0.169. The third kappa shape index (κ3) is 6.98. The van der Waals surface area contributed by atoms with E-state index in [0.717, 1.165) is 38.8 Å². The summed E-state index contributed by atoms with van der Waals surface area (Å²) in [6, 6.07) is 0.227. The molecule has 0 radical (unpaired) electrons. The summed E-state index contributed by atoms with van der Waals surface area (Å²) >= 11 is 0. The fourth-order valence-electron chi connectivity index (χ4n) is 2.72. The van der Waals surface area contributed by atoms with E-state index in [1.807, 2.05) is 0 Å². The molecule has 0 aromatic heterocycles. The lowest BCUT2D eigenvalue weighted by Gasteiger charge is -2.36. The predicted molar refractivity (Wildman–Crippen MR) is 90.0 cm³/mol. The highest BCUT2D eigenvalue weighted by atomic mass is 35.5. The summed E-state index contributed by atoms with van der Waals surface area (Å²) in [5, 5.41) is 6.52. The lowest BCUT2D eigenvalue weighted by atomic mass is 9.78. The smallest absolute Gasteiger partial charge is 0.228 e. The molecular formula is C16H33ClN2O2. The van der Waals surface area contributed by atoms with Crippen LogP contribution in [0.4, 0.5) is 0 Å². The summed E-state index contributed by atoms with van der Waals surface area (Å²) in [7, 11) is 1.68. The number of methoxy groups -OCH3 is 1. The molecule has 1 aliphatic heterocycles. The van der Waals surface area contributed by atoms with Gasteiger partial charge in [-0.05, 0) is 51.1 Å². The van der Waals surface area contributed by atoms with Gasteiger partial charge in [0, 0.05) is 13.2 Å². The van der Waals surface area contributed by atoms with Crippen LogP contribution in [0.1, 0.15) is 53.4 Å². The number of halogens is 1. The molecule has 0 aromatic rings. The van der Waals surface area contributed by atoms with Crippen molar-refractivity contribution in [2.45, 2.75) is 59.4 Å². The molecule has 4 nitrogen and oxygen atoms in total. The Labute approximate surface area is 136 Å². The minimum atomic E-state index is -0.337. The number of carbonyl (C=O) groups is 1. The van der Waals surface area contributed by atoms with Gasteiger partial charge in [-0.25, -0.2) is 0 Å². The standard InChI is InChI=1S/C16H32N2O2.ClH/c1-13(6-7-15(2,3)4)18-14(19)16(12-20-5)8-10-17-11-9-16;/h13,17H,6-12H2,1-5H3,(H,18,19);1H. The average molecular weight is 321 g/mol. The van der Waals surface area contributed by atoms with E-state index in [1.54, 1.807) is 7.11 Å². The van der Waals surface area contributed by atoms with Crippen molar-refractivity contribution >= 4 is 18.3 Å². The van der Waals surface area contributed by atoms with Gasteiger partial charge in [-0.3, -0.25) is 4.79 Å². The van der Waals surface area contributed by atoms with Crippen molar-refractivity contribution in [3.05, 3.63) is 0 Å². The first-order valence-corrected chi connectivity index (χ1v) is 7.80. The average Bonchev–Trinajstić information content (AvgIpc) is 2.37. The number of piperidine rings is 1. The first-order valence-electron chi connectivity index (χ1n) is 7.80. The number of rotatable bonds is 6. The summed E-state index contributed by atoms with van der Waals surface area (Å²) in [6.07, 6.45) is 3.86. The van der Waals surface area contributed by atoms with Crippen molar-refractivity contribution in [2.75, 3.05) is 26.8 Å². The molecule has 1 atom stereocenters. The largest absolute Gasteiger partial charge is 0.384 e. The van der Waals surface area contributed by atoms with Crippen LogP contribution in [0, 0.1) is 10.8 Å². The number of hydrogen-bond acceptors (Lipinski definition) is 3. The summed E-state index contributed by atoms with van der Waals surface area (Å²) in [6.45, 7) is 11.1. The molecule has 126 valence electrons. The van der Waals surface area contributed by atoms with Crippen LogP contribution in [0.5, 0.6) is 0 Å². The van der Waals surface area contributed by atoms with Gasteiger partial charge in [0.1, 0.15) is 0 Å². The first kappa shape index (κ1) is 20.7. The van der Waals surface area contributed by atoms with Gasteiger partial charge in [0.15, 0.2) is 0 Å². The van der Waals surface area contributed by atoms with Gasteiger partial charge in [-0.2, -0.15) is 0 Å². The van der Waals surface area contributed by atoms with Gasteiger partial charge >= 0.3 is 0 Å². The number of carbonyl (C=O) groups excluding carboxylic acids is 1. The van der Waals surface area contributed by atoms with Gasteiger partial charge in [-0.1, -0.05) is 20.8 Å². The lowest BCUT2D eigenvalue weighted by molar-refractivity contribution is -0.136. The molecule has 1 rings (SSSR count). The van der Waals surface area contributed by atoms with Gasteiger partial charge in [0.25, 0.3) is 0 Å². The minimum absolute atomic E-state index is 0. The number of hydrogen-bond donors (Lipinski definition) is 2. The quantitative estimate of drug-likeness (QED) is 0.791. The van der Waals surface area contributed by atoms with Crippen molar-refractivity contribution in [1.29, 1.82) is 0 Å². The topological polar surface area (TPSA) is 50.4 Å². The van der Waals surface area contributed by atoms with E-state index < -0.39 is 0 Å². The van der Waals surface area contributed by atoms with Gasteiger partial charge in [0.2, 0.25) is 5.91 Å². The Hall–Kier alpha value is -0.320. The molecule has 1 aliphatic rings. The van der Waals surface area contributed by atoms with Crippen LogP contribution in [-0.4, -0.2) is 38.8 Å². The molecule has 0 saturated carbocycles. The summed E-state index contributed by atoms with van der Waals surface area (Å²) < 4.78 is 5.31. The Kier molecular flexibility index (Phi) is 8.83. The third-order valence-electron chi connectivity index (χ3n) is 4.17. The lowest BCUT2D eigenvalue weighted by Crippen LogP contribution is -2.52. The molecule has 2 N–H and O–H groups in total. The van der Waals surface area contributed by atoms with E-state index in [1.165, 1.54) is 0 Å². The Bertz CT molecular complexity index is 304. The second kappa shape index (κ2) is 8.96. The Morgan fingerprint density at radius 1 is 1.33 bits per heavy atom. The van der Waals surface area contributed by atoms with E-state index in [9.17, 15) is 4.79 Å². The van der Waals surface area contributed by atoms with E-state index in [0.29, 0.717) is 12.0 Å². The fourth-order valence-corrected chi connectivity index (χ4v) is 2.72. The van der Waals surface area contributed by atoms with Crippen molar-refractivity contribution in [2.24, 2.45) is 10.8 Å². The van der Waals surface area contributed by atoms with Crippen molar-refractivity contribution < 1.29 is 9.53 Å².